The van der Waals surface area contributed by atoms with Gasteiger partial charge < -0.3 is 4.74 Å². The van der Waals surface area contributed by atoms with Gasteiger partial charge in [-0.2, -0.15) is 87.8 Å². The lowest BCUT2D eigenvalue weighted by Gasteiger charge is -2.41. The summed E-state index contributed by atoms with van der Waals surface area (Å²) in [7, 11) is 0. The Kier molecular flexibility index (Phi) is 8.66. The summed E-state index contributed by atoms with van der Waals surface area (Å²) in [5, 5.41) is 0. The molecule has 4 atom stereocenters. The number of alkyl halides is 22. The van der Waals surface area contributed by atoms with Crippen LogP contribution in [0.25, 0.3) is 0 Å². The molecule has 1 nitrogen and oxygen atoms in total. The molecule has 0 radical (unpaired) electrons. The van der Waals surface area contributed by atoms with E-state index >= 15 is 0 Å². The van der Waals surface area contributed by atoms with Gasteiger partial charge >= 0.3 is 48.4 Å². The highest BCUT2D eigenvalue weighted by Gasteiger charge is 2.80. The van der Waals surface area contributed by atoms with Crippen molar-refractivity contribution in [3.63, 3.8) is 0 Å². The molecule has 23 heteroatoms. The summed E-state index contributed by atoms with van der Waals surface area (Å²) in [6.07, 6.45) is -56.6. The van der Waals surface area contributed by atoms with Crippen LogP contribution in [0.15, 0.2) is 0 Å². The van der Waals surface area contributed by atoms with Gasteiger partial charge in [-0.3, -0.25) is 0 Å². The van der Waals surface area contributed by atoms with Crippen LogP contribution in [0.5, 0.6) is 0 Å². The van der Waals surface area contributed by atoms with Crippen molar-refractivity contribution in [1.29, 1.82) is 0 Å². The summed E-state index contributed by atoms with van der Waals surface area (Å²) >= 11 is 0. The maximum Gasteiger partial charge on any atom is 0.456 e. The lowest BCUT2D eigenvalue weighted by atomic mass is 9.96. The van der Waals surface area contributed by atoms with Crippen molar-refractivity contribution in [3.05, 3.63) is 0 Å². The van der Waals surface area contributed by atoms with Crippen molar-refractivity contribution in [3.8, 4) is 0 Å². The Balaban J connectivity index is 7.32. The van der Waals surface area contributed by atoms with Crippen LogP contribution in [0, 0.1) is 0 Å². The molecule has 0 amide bonds. The smallest absolute Gasteiger partial charge is 0.349 e. The van der Waals surface area contributed by atoms with Crippen molar-refractivity contribution < 1.29 is 101 Å². The van der Waals surface area contributed by atoms with Crippen molar-refractivity contribution in [2.45, 2.75) is 72.9 Å². The minimum Gasteiger partial charge on any atom is -0.349 e. The topological polar surface area (TPSA) is 9.23 Å². The Morgan fingerprint density at radius 3 is 0.714 bits per heavy atom. The molecule has 0 spiro atoms. The van der Waals surface area contributed by atoms with E-state index in [2.05, 4.69) is 0 Å². The van der Waals surface area contributed by atoms with E-state index in [-0.39, 0.29) is 0 Å². The fourth-order valence-corrected chi connectivity index (χ4v) is 1.97. The van der Waals surface area contributed by atoms with Crippen molar-refractivity contribution in [2.75, 3.05) is 0 Å². The monoisotopic (exact) mass is 582 g/mol. The maximum absolute atomic E-state index is 13.6. The second-order valence-corrected chi connectivity index (χ2v) is 6.30. The predicted octanol–water partition coefficient (Wildman–Crippen LogP) is 7.21. The maximum atomic E-state index is 13.6. The van der Waals surface area contributed by atoms with E-state index in [1.54, 1.807) is 0 Å². The van der Waals surface area contributed by atoms with Gasteiger partial charge in [0.1, 0.15) is 0 Å². The molecule has 0 bridgehead atoms. The highest BCUT2D eigenvalue weighted by Crippen LogP contribution is 2.54. The molecule has 0 aromatic heterocycles. The van der Waals surface area contributed by atoms with Gasteiger partial charge in [0, 0.05) is 0 Å². The molecular weight excluding hydrogens is 578 g/mol. The van der Waals surface area contributed by atoms with E-state index in [0.29, 0.717) is 0 Å². The van der Waals surface area contributed by atoms with E-state index < -0.39 is 72.9 Å². The fraction of sp³-hybridized carbons (Fsp3) is 1.00. The number of halogens is 22. The molecule has 35 heavy (non-hydrogen) atoms. The molecule has 0 saturated heterocycles. The molecule has 0 aliphatic carbocycles. The Bertz CT molecular complexity index is 648. The van der Waals surface area contributed by atoms with Gasteiger partial charge in [-0.1, -0.05) is 0 Å². The number of rotatable bonds is 8. The number of hydrogen-bond donors (Lipinski definition) is 0. The highest BCUT2D eigenvalue weighted by atomic mass is 19.4. The minimum atomic E-state index is -7.95. The summed E-state index contributed by atoms with van der Waals surface area (Å²) in [6, 6.07) is 0. The van der Waals surface area contributed by atoms with Crippen molar-refractivity contribution in [2.24, 2.45) is 0 Å². The van der Waals surface area contributed by atoms with Gasteiger partial charge in [-0.25, -0.2) is 8.78 Å². The van der Waals surface area contributed by atoms with E-state index in [9.17, 15) is 96.6 Å². The Morgan fingerprint density at radius 2 is 0.571 bits per heavy atom. The average Bonchev–Trinajstić information content (AvgIpc) is 2.56. The zero-order valence-corrected chi connectivity index (χ0v) is 15.0. The highest BCUT2D eigenvalue weighted by molar-refractivity contribution is 5.05. The Labute approximate surface area is 176 Å². The summed E-state index contributed by atoms with van der Waals surface area (Å²) in [6.45, 7) is 0. The first-order valence-corrected chi connectivity index (χ1v) is 7.50. The third-order valence-corrected chi connectivity index (χ3v) is 3.64. The van der Waals surface area contributed by atoms with Gasteiger partial charge in [0.15, 0.2) is 12.2 Å². The zero-order chi connectivity index (χ0) is 29.0. The molecule has 0 aromatic carbocycles. The van der Waals surface area contributed by atoms with Crippen LogP contribution >= 0.6 is 0 Å². The first kappa shape index (κ1) is 33.4. The SMILES string of the molecule is FC(C(F)(F)F)C(F)(F)C(OC(C(F)(F)C(F)C(F)(F)F)C(F)(F)C(F)(F)F)C(F)(F)C(F)(F)F. The third kappa shape index (κ3) is 6.41. The lowest BCUT2D eigenvalue weighted by Crippen LogP contribution is -2.68. The number of ether oxygens (including phenoxy) is 1. The standard InChI is InChI=1S/C12H4F22O/c13-1(9(23,24)25)5(15,16)3(7(19,20)11(29,30)31)35-4(8(21,22)12(32,33)34)6(17,18)2(14)10(26,27)28/h1-4H. The van der Waals surface area contributed by atoms with E-state index in [1.165, 1.54) is 0 Å². The summed E-state index contributed by atoms with van der Waals surface area (Å²) in [5.41, 5.74) is 0. The Morgan fingerprint density at radius 1 is 0.371 bits per heavy atom. The minimum absolute atomic E-state index is 1.88. The Hall–Kier alpha value is -1.58. The molecule has 0 N–H and O–H groups in total. The average molecular weight is 582 g/mol. The first-order chi connectivity index (χ1) is 14.8. The van der Waals surface area contributed by atoms with E-state index in [0.717, 1.165) is 0 Å². The molecule has 0 heterocycles. The van der Waals surface area contributed by atoms with Gasteiger partial charge in [0.25, 0.3) is 12.3 Å². The molecule has 4 unspecified atom stereocenters. The van der Waals surface area contributed by atoms with Crippen LogP contribution < -0.4 is 0 Å². The summed E-state index contributed by atoms with van der Waals surface area (Å²) < 4.78 is 283. The quantitative estimate of drug-likeness (QED) is 0.275. The largest absolute Gasteiger partial charge is 0.456 e. The first-order valence-electron chi connectivity index (χ1n) is 7.50. The van der Waals surface area contributed by atoms with Gasteiger partial charge in [0.2, 0.25) is 0 Å². The van der Waals surface area contributed by atoms with Crippen LogP contribution in [0.4, 0.5) is 96.6 Å². The van der Waals surface area contributed by atoms with Gasteiger partial charge in [-0.05, 0) is 0 Å². The molecule has 0 rings (SSSR count). The molecule has 0 aliphatic rings. The van der Waals surface area contributed by atoms with Crippen molar-refractivity contribution in [1.82, 2.24) is 0 Å². The molecule has 212 valence electrons. The molecule has 0 saturated carbocycles. The second kappa shape index (κ2) is 9.06. The normalized spacial score (nSPS) is 19.4. The van der Waals surface area contributed by atoms with Crippen molar-refractivity contribution >= 4 is 0 Å². The van der Waals surface area contributed by atoms with Crippen LogP contribution in [0.2, 0.25) is 0 Å². The van der Waals surface area contributed by atoms with E-state index in [4.69, 9.17) is 0 Å². The molecule has 0 aliphatic heterocycles. The van der Waals surface area contributed by atoms with Crippen LogP contribution in [0.1, 0.15) is 0 Å². The third-order valence-electron chi connectivity index (χ3n) is 3.64. The van der Waals surface area contributed by atoms with Crippen LogP contribution in [-0.2, 0) is 4.74 Å². The van der Waals surface area contributed by atoms with Gasteiger partial charge in [0.05, 0.1) is 0 Å². The molecular formula is C12H4F22O. The van der Waals surface area contributed by atoms with Crippen LogP contribution in [0.3, 0.4) is 0 Å². The molecule has 0 fully saturated rings. The summed E-state index contributed by atoms with van der Waals surface area (Å²) in [5.74, 6) is -31.3. The fourth-order valence-electron chi connectivity index (χ4n) is 1.97. The summed E-state index contributed by atoms with van der Waals surface area (Å²) in [4.78, 5) is 0. The van der Waals surface area contributed by atoms with E-state index in [1.807, 2.05) is 4.74 Å². The predicted molar refractivity (Wildman–Crippen MR) is 62.5 cm³/mol. The number of hydrogen-bond acceptors (Lipinski definition) is 1. The molecule has 0 aromatic rings. The second-order valence-electron chi connectivity index (χ2n) is 6.30. The van der Waals surface area contributed by atoms with Gasteiger partial charge in [-0.15, -0.1) is 0 Å². The van der Waals surface area contributed by atoms with Crippen LogP contribution in [-0.4, -0.2) is 72.9 Å². The lowest BCUT2D eigenvalue weighted by molar-refractivity contribution is -0.417. The zero-order valence-electron chi connectivity index (χ0n) is 15.0.